The second kappa shape index (κ2) is 8.11. The summed E-state index contributed by atoms with van der Waals surface area (Å²) in [4.78, 5) is 14.5. The first-order chi connectivity index (χ1) is 8.87. The number of amidine groups is 1. The number of rotatable bonds is 7. The Balaban J connectivity index is 0.00000361. The summed E-state index contributed by atoms with van der Waals surface area (Å²) >= 11 is 11.1. The number of nitrogens with zero attached hydrogens (tertiary/aromatic N) is 3. The largest absolute Gasteiger partial charge is 1.00 e. The predicted molar refractivity (Wildman–Crippen MR) is 71.6 cm³/mol. The van der Waals surface area contributed by atoms with Gasteiger partial charge in [-0.3, -0.25) is 10.1 Å². The summed E-state index contributed by atoms with van der Waals surface area (Å²) in [7, 11) is 0. The molecule has 0 amide bonds. The molecule has 10 heteroatoms. The molecule has 20 heavy (non-hydrogen) atoms. The number of aliphatic imine (C=N–C) groups is 1. The van der Waals surface area contributed by atoms with E-state index < -0.39 is 17.1 Å². The molecule has 0 aliphatic carbocycles. The minimum Gasteiger partial charge on any atom is -1.00 e. The summed E-state index contributed by atoms with van der Waals surface area (Å²) in [5.74, 6) is 0.0932. The maximum Gasteiger partial charge on any atom is 0.452 e. The first-order valence-electron chi connectivity index (χ1n) is 5.62. The van der Waals surface area contributed by atoms with Gasteiger partial charge in [-0.15, -0.1) is 23.2 Å². The van der Waals surface area contributed by atoms with Gasteiger partial charge in [0.2, 0.25) is 5.84 Å². The van der Waals surface area contributed by atoms with Crippen LogP contribution in [0.25, 0.3) is 0 Å². The number of aliphatic hydroxyl groups is 2. The highest BCUT2D eigenvalue weighted by atomic mass is 35.5. The van der Waals surface area contributed by atoms with Crippen molar-refractivity contribution in [3.63, 3.8) is 0 Å². The molecule has 0 radical (unpaired) electrons. The number of quaternary nitrogens is 1. The quantitative estimate of drug-likeness (QED) is 0.230. The van der Waals surface area contributed by atoms with Gasteiger partial charge < -0.3 is 22.6 Å². The summed E-state index contributed by atoms with van der Waals surface area (Å²) in [5.41, 5.74) is 0. The number of nitro groups is 1. The monoisotopic (exact) mass is 347 g/mol. The fourth-order valence-corrected chi connectivity index (χ4v) is 2.28. The zero-order chi connectivity index (χ0) is 14.6. The fraction of sp³-hybridized carbons (Fsp3) is 0.700. The molecule has 0 aromatic carbocycles. The molecule has 1 aliphatic rings. The Kier molecular flexibility index (Phi) is 7.93. The highest BCUT2D eigenvalue weighted by Crippen LogP contribution is 2.27. The molecular weight excluding hydrogens is 332 g/mol. The number of alkyl halides is 2. The Morgan fingerprint density at radius 2 is 1.80 bits per heavy atom. The Bertz CT molecular complexity index is 405. The van der Waals surface area contributed by atoms with Crippen LogP contribution >= 0.6 is 23.2 Å². The molecule has 1 heterocycles. The molecular formula is C10H16Cl3N3O4. The van der Waals surface area contributed by atoms with Gasteiger partial charge in [0.1, 0.15) is 30.2 Å². The van der Waals surface area contributed by atoms with Crippen molar-refractivity contribution >= 4 is 29.0 Å². The van der Waals surface area contributed by atoms with Crippen LogP contribution in [0.1, 0.15) is 6.92 Å². The Hall–Kier alpha value is -0.440. The second-order valence-corrected chi connectivity index (χ2v) is 4.99. The van der Waals surface area contributed by atoms with E-state index in [1.807, 2.05) is 0 Å². The van der Waals surface area contributed by atoms with Gasteiger partial charge in [-0.2, -0.15) is 9.48 Å². The SMILES string of the molecule is CC1=NC=C([N+](=O)[O-])[N+]1(CC(O)CCl)CC(O)CCl.[Cl-]. The van der Waals surface area contributed by atoms with E-state index >= 15 is 0 Å². The Morgan fingerprint density at radius 1 is 1.35 bits per heavy atom. The van der Waals surface area contributed by atoms with Gasteiger partial charge in [-0.05, 0) is 0 Å². The lowest BCUT2D eigenvalue weighted by molar-refractivity contribution is -0.869. The maximum absolute atomic E-state index is 11.1. The molecule has 1 rings (SSSR count). The summed E-state index contributed by atoms with van der Waals surface area (Å²) in [6.45, 7) is 1.55. The average molecular weight is 349 g/mol. The molecule has 0 spiro atoms. The number of aliphatic hydroxyl groups excluding tert-OH is 2. The van der Waals surface area contributed by atoms with Crippen LogP contribution in [0, 0.1) is 10.1 Å². The van der Waals surface area contributed by atoms with Crippen LogP contribution in [-0.2, 0) is 0 Å². The van der Waals surface area contributed by atoms with Crippen molar-refractivity contribution in [3.05, 3.63) is 22.1 Å². The van der Waals surface area contributed by atoms with Gasteiger partial charge in [-0.25, -0.2) is 0 Å². The first-order valence-corrected chi connectivity index (χ1v) is 6.69. The highest BCUT2D eigenvalue weighted by Gasteiger charge is 2.50. The normalized spacial score (nSPS) is 24.4. The van der Waals surface area contributed by atoms with Gasteiger partial charge in [0.15, 0.2) is 6.20 Å². The molecule has 0 bridgehead atoms. The summed E-state index contributed by atoms with van der Waals surface area (Å²) in [5, 5.41) is 30.6. The van der Waals surface area contributed by atoms with Crippen molar-refractivity contribution < 1.29 is 32.0 Å². The third kappa shape index (κ3) is 4.03. The van der Waals surface area contributed by atoms with Crippen LogP contribution in [0.15, 0.2) is 17.0 Å². The van der Waals surface area contributed by atoms with Crippen molar-refractivity contribution in [3.8, 4) is 0 Å². The molecule has 2 atom stereocenters. The minimum absolute atomic E-state index is 0. The van der Waals surface area contributed by atoms with E-state index in [1.165, 1.54) is 0 Å². The fourth-order valence-electron chi connectivity index (χ4n) is 2.08. The number of hydrogen-bond acceptors (Lipinski definition) is 5. The lowest BCUT2D eigenvalue weighted by Crippen LogP contribution is -3.00. The van der Waals surface area contributed by atoms with Gasteiger partial charge in [-0.1, -0.05) is 0 Å². The van der Waals surface area contributed by atoms with E-state index in [1.54, 1.807) is 6.92 Å². The average Bonchev–Trinajstić information content (AvgIpc) is 2.66. The smallest absolute Gasteiger partial charge is 0.452 e. The van der Waals surface area contributed by atoms with Crippen LogP contribution in [0.5, 0.6) is 0 Å². The number of hydrogen-bond donors (Lipinski definition) is 2. The lowest BCUT2D eigenvalue weighted by Gasteiger charge is -2.33. The molecule has 1 aliphatic heterocycles. The van der Waals surface area contributed by atoms with Gasteiger partial charge in [0, 0.05) is 6.92 Å². The Morgan fingerprint density at radius 3 is 2.15 bits per heavy atom. The van der Waals surface area contributed by atoms with Crippen molar-refractivity contribution in [2.24, 2.45) is 4.99 Å². The molecule has 0 saturated heterocycles. The molecule has 116 valence electrons. The van der Waals surface area contributed by atoms with Crippen molar-refractivity contribution in [1.29, 1.82) is 0 Å². The van der Waals surface area contributed by atoms with Gasteiger partial charge in [0.25, 0.3) is 0 Å². The van der Waals surface area contributed by atoms with E-state index in [9.17, 15) is 20.3 Å². The second-order valence-electron chi connectivity index (χ2n) is 4.37. The van der Waals surface area contributed by atoms with E-state index in [0.29, 0.717) is 5.84 Å². The molecule has 7 nitrogen and oxygen atoms in total. The molecule has 0 aromatic heterocycles. The van der Waals surface area contributed by atoms with Crippen LogP contribution < -0.4 is 12.4 Å². The third-order valence-corrected chi connectivity index (χ3v) is 3.73. The van der Waals surface area contributed by atoms with Gasteiger partial charge >= 0.3 is 5.82 Å². The van der Waals surface area contributed by atoms with E-state index in [4.69, 9.17) is 23.2 Å². The third-order valence-electron chi connectivity index (χ3n) is 3.01. The zero-order valence-electron chi connectivity index (χ0n) is 10.7. The summed E-state index contributed by atoms with van der Waals surface area (Å²) in [6.07, 6.45) is -0.761. The van der Waals surface area contributed by atoms with E-state index in [2.05, 4.69) is 4.99 Å². The van der Waals surface area contributed by atoms with Crippen LogP contribution in [0.4, 0.5) is 0 Å². The maximum atomic E-state index is 11.1. The van der Waals surface area contributed by atoms with Gasteiger partial charge in [0.05, 0.1) is 11.8 Å². The summed E-state index contributed by atoms with van der Waals surface area (Å²) < 4.78 is -0.339. The standard InChI is InChI=1S/C10H16Cl2N3O4.ClH/c1-7-13-4-10(14(18)19)15(7,5-8(16)2-11)6-9(17)3-12;/h4,8-9,16-17H,2-3,5-6H2,1H3;1H/q+1;/p-1. The Labute approximate surface area is 132 Å². The highest BCUT2D eigenvalue weighted by molar-refractivity contribution is 6.18. The van der Waals surface area contributed by atoms with Crippen LogP contribution in [0.3, 0.4) is 0 Å². The predicted octanol–water partition coefficient (Wildman–Crippen LogP) is -2.49. The zero-order valence-corrected chi connectivity index (χ0v) is 13.0. The minimum atomic E-state index is -0.948. The molecule has 2 unspecified atom stereocenters. The molecule has 0 aromatic rings. The van der Waals surface area contributed by atoms with Crippen molar-refractivity contribution in [2.45, 2.75) is 19.1 Å². The molecule has 2 N–H and O–H groups in total. The molecule has 0 fully saturated rings. The molecule has 0 saturated carbocycles. The number of halogens is 3. The van der Waals surface area contributed by atoms with Crippen molar-refractivity contribution in [2.75, 3.05) is 24.8 Å². The van der Waals surface area contributed by atoms with E-state index in [-0.39, 0.29) is 47.6 Å². The van der Waals surface area contributed by atoms with Crippen LogP contribution in [0.2, 0.25) is 0 Å². The summed E-state index contributed by atoms with van der Waals surface area (Å²) in [6, 6.07) is 0. The topological polar surface area (TPSA) is 96.0 Å². The van der Waals surface area contributed by atoms with E-state index in [0.717, 1.165) is 6.20 Å². The lowest BCUT2D eigenvalue weighted by atomic mass is 10.2. The van der Waals surface area contributed by atoms with Crippen molar-refractivity contribution in [1.82, 2.24) is 0 Å². The first kappa shape index (κ1) is 19.6. The van der Waals surface area contributed by atoms with Crippen LogP contribution in [-0.4, -0.2) is 62.5 Å².